The second kappa shape index (κ2) is 5.76. The van der Waals surface area contributed by atoms with Crippen LogP contribution >= 0.6 is 31.9 Å². The molecule has 0 fully saturated rings. The van der Waals surface area contributed by atoms with Crippen LogP contribution in [0.5, 0.6) is 0 Å². The molecule has 0 spiro atoms. The fourth-order valence-corrected chi connectivity index (χ4v) is 2.58. The number of benzene rings is 2. The third-order valence-corrected chi connectivity index (χ3v) is 3.79. The largest absolute Gasteiger partial charge is 0.278 e. The molecule has 100 valence electrons. The molecule has 20 heavy (non-hydrogen) atoms. The van der Waals surface area contributed by atoms with E-state index in [0.717, 1.165) is 30.8 Å². The van der Waals surface area contributed by atoms with Gasteiger partial charge in [0.2, 0.25) is 0 Å². The van der Waals surface area contributed by atoms with Crippen LogP contribution in [-0.2, 0) is 0 Å². The van der Waals surface area contributed by atoms with Gasteiger partial charge in [-0.3, -0.25) is 10.2 Å². The zero-order chi connectivity index (χ0) is 13.9. The standard InChI is InChI=1S/2C7H5BrN2/c2*8-6-1-2-7-5(3-6)4-9-10-7/h2*1-4H,(H,9,10). The van der Waals surface area contributed by atoms with Gasteiger partial charge >= 0.3 is 0 Å². The van der Waals surface area contributed by atoms with E-state index >= 15 is 0 Å². The molecular weight excluding hydrogens is 384 g/mol. The van der Waals surface area contributed by atoms with E-state index in [-0.39, 0.29) is 0 Å². The Hall–Kier alpha value is -1.66. The summed E-state index contributed by atoms with van der Waals surface area (Å²) in [5.41, 5.74) is 2.14. The van der Waals surface area contributed by atoms with Gasteiger partial charge in [-0.25, -0.2) is 0 Å². The Bertz CT molecular complexity index is 778. The number of hydrogen-bond donors (Lipinski definition) is 2. The first-order valence-electron chi connectivity index (χ1n) is 5.89. The highest BCUT2D eigenvalue weighted by Gasteiger charge is 1.94. The van der Waals surface area contributed by atoms with Crippen molar-refractivity contribution in [1.82, 2.24) is 20.4 Å². The Morgan fingerprint density at radius 1 is 0.700 bits per heavy atom. The SMILES string of the molecule is Brc1ccc2[nH]ncc2c1.Brc1ccc2[nH]ncc2c1. The Morgan fingerprint density at radius 3 is 1.60 bits per heavy atom. The molecule has 0 saturated carbocycles. The molecule has 0 aliphatic carbocycles. The van der Waals surface area contributed by atoms with Crippen LogP contribution < -0.4 is 0 Å². The van der Waals surface area contributed by atoms with E-state index in [1.807, 2.05) is 36.4 Å². The van der Waals surface area contributed by atoms with Crippen LogP contribution in [0, 0.1) is 0 Å². The van der Waals surface area contributed by atoms with Gasteiger partial charge in [-0.1, -0.05) is 31.9 Å². The molecule has 2 heterocycles. The van der Waals surface area contributed by atoms with E-state index in [1.54, 1.807) is 12.4 Å². The Kier molecular flexibility index (Phi) is 3.84. The van der Waals surface area contributed by atoms with Gasteiger partial charge in [0.15, 0.2) is 0 Å². The summed E-state index contributed by atoms with van der Waals surface area (Å²) >= 11 is 6.75. The molecule has 0 atom stereocenters. The van der Waals surface area contributed by atoms with Crippen molar-refractivity contribution in [1.29, 1.82) is 0 Å². The maximum Gasteiger partial charge on any atom is 0.0651 e. The number of nitrogens with zero attached hydrogens (tertiary/aromatic N) is 2. The number of nitrogens with one attached hydrogen (secondary N) is 2. The van der Waals surface area contributed by atoms with Gasteiger partial charge in [0.25, 0.3) is 0 Å². The van der Waals surface area contributed by atoms with Crippen molar-refractivity contribution < 1.29 is 0 Å². The molecule has 0 aliphatic rings. The first-order chi connectivity index (χ1) is 9.72. The lowest BCUT2D eigenvalue weighted by Crippen LogP contribution is -1.66. The van der Waals surface area contributed by atoms with E-state index in [1.165, 1.54) is 0 Å². The molecule has 4 aromatic rings. The zero-order valence-corrected chi connectivity index (χ0v) is 13.4. The van der Waals surface area contributed by atoms with Crippen LogP contribution in [-0.4, -0.2) is 20.4 Å². The summed E-state index contributed by atoms with van der Waals surface area (Å²) in [7, 11) is 0. The van der Waals surface area contributed by atoms with Crippen LogP contribution in [0.3, 0.4) is 0 Å². The van der Waals surface area contributed by atoms with Crippen molar-refractivity contribution in [3.05, 3.63) is 57.7 Å². The first kappa shape index (κ1) is 13.3. The highest BCUT2D eigenvalue weighted by molar-refractivity contribution is 9.10. The second-order valence-electron chi connectivity index (χ2n) is 4.20. The summed E-state index contributed by atoms with van der Waals surface area (Å²) in [6.45, 7) is 0. The topological polar surface area (TPSA) is 57.4 Å². The zero-order valence-electron chi connectivity index (χ0n) is 10.3. The van der Waals surface area contributed by atoms with Crippen LogP contribution in [0.4, 0.5) is 0 Å². The normalized spacial score (nSPS) is 10.5. The van der Waals surface area contributed by atoms with Gasteiger partial charge in [-0.05, 0) is 36.4 Å². The number of fused-ring (bicyclic) bond motifs is 2. The summed E-state index contributed by atoms with van der Waals surface area (Å²) in [5, 5.41) is 15.8. The first-order valence-corrected chi connectivity index (χ1v) is 7.48. The average Bonchev–Trinajstić information content (AvgIpc) is 3.06. The van der Waals surface area contributed by atoms with Crippen molar-refractivity contribution in [2.45, 2.75) is 0 Å². The lowest BCUT2D eigenvalue weighted by atomic mass is 10.3. The van der Waals surface area contributed by atoms with Gasteiger partial charge < -0.3 is 0 Å². The monoisotopic (exact) mass is 392 g/mol. The fraction of sp³-hybridized carbons (Fsp3) is 0. The molecule has 4 nitrogen and oxygen atoms in total. The van der Waals surface area contributed by atoms with Crippen molar-refractivity contribution >= 4 is 53.7 Å². The van der Waals surface area contributed by atoms with Crippen molar-refractivity contribution in [3.63, 3.8) is 0 Å². The van der Waals surface area contributed by atoms with Crippen LogP contribution in [0.15, 0.2) is 57.7 Å². The van der Waals surface area contributed by atoms with Gasteiger partial charge in [0.05, 0.1) is 23.4 Å². The third kappa shape index (κ3) is 2.91. The number of hydrogen-bond acceptors (Lipinski definition) is 2. The van der Waals surface area contributed by atoms with E-state index in [0.29, 0.717) is 0 Å². The maximum absolute atomic E-state index is 3.90. The molecule has 2 aromatic carbocycles. The molecule has 0 radical (unpaired) electrons. The van der Waals surface area contributed by atoms with Crippen LogP contribution in [0.1, 0.15) is 0 Å². The highest BCUT2D eigenvalue weighted by atomic mass is 79.9. The third-order valence-electron chi connectivity index (χ3n) is 2.80. The number of aromatic amines is 2. The minimum absolute atomic E-state index is 1.07. The summed E-state index contributed by atoms with van der Waals surface area (Å²) in [5.74, 6) is 0. The number of rotatable bonds is 0. The maximum atomic E-state index is 3.90. The quantitative estimate of drug-likeness (QED) is 0.456. The highest BCUT2D eigenvalue weighted by Crippen LogP contribution is 2.17. The Labute approximate surface area is 131 Å². The van der Waals surface area contributed by atoms with Crippen molar-refractivity contribution in [3.8, 4) is 0 Å². The van der Waals surface area contributed by atoms with E-state index in [2.05, 4.69) is 52.3 Å². The lowest BCUT2D eigenvalue weighted by molar-refractivity contribution is 1.12. The fourth-order valence-electron chi connectivity index (χ4n) is 1.83. The molecule has 0 unspecified atom stereocenters. The summed E-state index contributed by atoms with van der Waals surface area (Å²) in [4.78, 5) is 0. The average molecular weight is 394 g/mol. The summed E-state index contributed by atoms with van der Waals surface area (Å²) in [6.07, 6.45) is 3.61. The van der Waals surface area contributed by atoms with Gasteiger partial charge in [0, 0.05) is 19.7 Å². The van der Waals surface area contributed by atoms with E-state index in [9.17, 15) is 0 Å². The van der Waals surface area contributed by atoms with Crippen LogP contribution in [0.2, 0.25) is 0 Å². The molecule has 2 aromatic heterocycles. The summed E-state index contributed by atoms with van der Waals surface area (Å²) in [6, 6.07) is 12.0. The molecule has 4 rings (SSSR count). The van der Waals surface area contributed by atoms with Crippen molar-refractivity contribution in [2.75, 3.05) is 0 Å². The molecule has 0 bridgehead atoms. The predicted molar refractivity (Wildman–Crippen MR) is 87.6 cm³/mol. The predicted octanol–water partition coefficient (Wildman–Crippen LogP) is 4.65. The van der Waals surface area contributed by atoms with Crippen LogP contribution in [0.25, 0.3) is 21.8 Å². The van der Waals surface area contributed by atoms with E-state index < -0.39 is 0 Å². The number of halogens is 2. The van der Waals surface area contributed by atoms with Gasteiger partial charge in [-0.15, -0.1) is 0 Å². The van der Waals surface area contributed by atoms with Crippen molar-refractivity contribution in [2.24, 2.45) is 0 Å². The number of aromatic nitrogens is 4. The van der Waals surface area contributed by atoms with Gasteiger partial charge in [0.1, 0.15) is 0 Å². The number of H-pyrrole nitrogens is 2. The van der Waals surface area contributed by atoms with E-state index in [4.69, 9.17) is 0 Å². The molecule has 0 aliphatic heterocycles. The lowest BCUT2D eigenvalue weighted by Gasteiger charge is -1.87. The second-order valence-corrected chi connectivity index (χ2v) is 6.03. The Balaban J connectivity index is 0.000000121. The molecule has 0 amide bonds. The molecule has 2 N–H and O–H groups in total. The van der Waals surface area contributed by atoms with Gasteiger partial charge in [-0.2, -0.15) is 10.2 Å². The summed E-state index contributed by atoms with van der Waals surface area (Å²) < 4.78 is 2.17. The minimum atomic E-state index is 1.07. The molecule has 0 saturated heterocycles. The minimum Gasteiger partial charge on any atom is -0.278 e. The smallest absolute Gasteiger partial charge is 0.0651 e. The molecule has 6 heteroatoms. The molecular formula is C14H10Br2N4. The Morgan fingerprint density at radius 2 is 1.15 bits per heavy atom.